The molecule has 6 nitrogen and oxygen atoms in total. The molecule has 2 aromatic carbocycles. The van der Waals surface area contributed by atoms with Gasteiger partial charge in [0.1, 0.15) is 11.5 Å². The highest BCUT2D eigenvalue weighted by molar-refractivity contribution is 9.10. The van der Waals surface area contributed by atoms with Crippen molar-refractivity contribution in [3.8, 4) is 11.3 Å². The molecule has 0 aliphatic carbocycles. The molecule has 5 rings (SSSR count). The monoisotopic (exact) mass is 534 g/mol. The Morgan fingerprint density at radius 2 is 1.85 bits per heavy atom. The van der Waals surface area contributed by atoms with Crippen molar-refractivity contribution in [3.05, 3.63) is 113 Å². The van der Waals surface area contributed by atoms with Crippen LogP contribution in [0.1, 0.15) is 24.3 Å². The van der Waals surface area contributed by atoms with Crippen LogP contribution in [0.5, 0.6) is 0 Å². The summed E-state index contributed by atoms with van der Waals surface area (Å²) in [5.41, 5.74) is 2.38. The molecule has 0 amide bonds. The van der Waals surface area contributed by atoms with Gasteiger partial charge in [0.05, 0.1) is 29.0 Å². The molecule has 2 aromatic heterocycles. The van der Waals surface area contributed by atoms with Crippen molar-refractivity contribution < 1.29 is 13.9 Å². The number of allylic oxidation sites excluding steroid dienone is 1. The van der Waals surface area contributed by atoms with Gasteiger partial charge in [-0.15, -0.1) is 0 Å². The predicted octanol–water partition coefficient (Wildman–Crippen LogP) is 4.43. The third-order valence-corrected chi connectivity index (χ3v) is 7.08. The lowest BCUT2D eigenvalue weighted by atomic mass is 9.96. The van der Waals surface area contributed by atoms with Gasteiger partial charge in [-0.25, -0.2) is 9.79 Å². The number of furan rings is 1. The molecule has 1 aliphatic heterocycles. The fraction of sp³-hybridized carbons (Fsp3) is 0.115. The summed E-state index contributed by atoms with van der Waals surface area (Å²) in [6.07, 6.45) is 1.71. The topological polar surface area (TPSA) is 73.8 Å². The van der Waals surface area contributed by atoms with E-state index in [0.717, 1.165) is 15.6 Å². The summed E-state index contributed by atoms with van der Waals surface area (Å²) in [6.45, 7) is 1.76. The first-order valence-corrected chi connectivity index (χ1v) is 12.1. The van der Waals surface area contributed by atoms with Crippen molar-refractivity contribution in [2.45, 2.75) is 13.0 Å². The zero-order valence-corrected chi connectivity index (χ0v) is 20.7. The van der Waals surface area contributed by atoms with Crippen LogP contribution in [0.3, 0.4) is 0 Å². The number of esters is 1. The van der Waals surface area contributed by atoms with Crippen LogP contribution in [0.2, 0.25) is 0 Å². The number of hydrogen-bond acceptors (Lipinski definition) is 6. The van der Waals surface area contributed by atoms with E-state index < -0.39 is 12.0 Å². The minimum Gasteiger partial charge on any atom is -0.466 e. The number of halogens is 1. The number of carbonyl (C=O) groups excluding carboxylic acids is 1. The van der Waals surface area contributed by atoms with E-state index in [4.69, 9.17) is 9.15 Å². The summed E-state index contributed by atoms with van der Waals surface area (Å²) >= 11 is 4.70. The molecule has 0 spiro atoms. The van der Waals surface area contributed by atoms with E-state index in [9.17, 15) is 9.59 Å². The summed E-state index contributed by atoms with van der Waals surface area (Å²) in [7, 11) is 1.33. The molecule has 3 heterocycles. The largest absolute Gasteiger partial charge is 0.466 e. The maximum Gasteiger partial charge on any atom is 0.338 e. The van der Waals surface area contributed by atoms with E-state index in [1.165, 1.54) is 18.4 Å². The average molecular weight is 535 g/mol. The minimum atomic E-state index is -0.623. The van der Waals surface area contributed by atoms with Crippen LogP contribution in [0.25, 0.3) is 17.4 Å². The number of thiazole rings is 1. The summed E-state index contributed by atoms with van der Waals surface area (Å²) in [4.78, 5) is 31.3. The van der Waals surface area contributed by atoms with Crippen LogP contribution in [0.15, 0.2) is 96.7 Å². The number of carbonyl (C=O) groups is 1. The Balaban J connectivity index is 1.63. The second kappa shape index (κ2) is 9.04. The number of methoxy groups -OCH3 is 1. The minimum absolute atomic E-state index is 0.243. The van der Waals surface area contributed by atoms with Crippen molar-refractivity contribution in [1.82, 2.24) is 4.57 Å². The Kier molecular flexibility index (Phi) is 5.93. The molecule has 1 aliphatic rings. The number of hydrogen-bond donors (Lipinski definition) is 0. The molecule has 0 fully saturated rings. The van der Waals surface area contributed by atoms with E-state index >= 15 is 0 Å². The van der Waals surface area contributed by atoms with Gasteiger partial charge in [-0.3, -0.25) is 9.36 Å². The van der Waals surface area contributed by atoms with Crippen molar-refractivity contribution in [1.29, 1.82) is 0 Å². The Bertz CT molecular complexity index is 1590. The van der Waals surface area contributed by atoms with Crippen molar-refractivity contribution in [2.75, 3.05) is 7.11 Å². The highest BCUT2D eigenvalue weighted by Gasteiger charge is 2.32. The number of nitrogens with zero attached hydrogens (tertiary/aromatic N) is 2. The van der Waals surface area contributed by atoms with Gasteiger partial charge in [-0.05, 0) is 36.8 Å². The number of aromatic nitrogens is 1. The van der Waals surface area contributed by atoms with E-state index in [2.05, 4.69) is 20.9 Å². The van der Waals surface area contributed by atoms with Gasteiger partial charge in [0.15, 0.2) is 4.80 Å². The van der Waals surface area contributed by atoms with Gasteiger partial charge in [0.25, 0.3) is 5.56 Å². The molecule has 170 valence electrons. The van der Waals surface area contributed by atoms with Gasteiger partial charge in [0.2, 0.25) is 0 Å². The molecule has 0 bridgehead atoms. The summed E-state index contributed by atoms with van der Waals surface area (Å²) in [5, 5.41) is 0. The lowest BCUT2D eigenvalue weighted by Crippen LogP contribution is -2.39. The fourth-order valence-corrected chi connectivity index (χ4v) is 5.26. The van der Waals surface area contributed by atoms with E-state index in [1.807, 2.05) is 66.7 Å². The zero-order chi connectivity index (χ0) is 23.8. The first-order chi connectivity index (χ1) is 16.5. The highest BCUT2D eigenvalue weighted by atomic mass is 79.9. The Hall–Kier alpha value is -3.49. The number of rotatable bonds is 4. The second-order valence-electron chi connectivity index (χ2n) is 7.69. The predicted molar refractivity (Wildman–Crippen MR) is 134 cm³/mol. The molecular weight excluding hydrogens is 516 g/mol. The molecule has 0 saturated carbocycles. The molecule has 1 unspecified atom stereocenters. The Labute approximate surface area is 207 Å². The van der Waals surface area contributed by atoms with E-state index in [0.29, 0.717) is 32.1 Å². The molecular formula is C26H19BrN2O4S. The lowest BCUT2D eigenvalue weighted by Gasteiger charge is -2.24. The molecule has 0 radical (unpaired) electrons. The molecule has 1 atom stereocenters. The SMILES string of the molecule is COC(=O)C1=C(C)N=c2s/c(=C/c3ccc(-c4ccc(Br)cc4)o3)c(=O)n2C1c1ccccc1. The standard InChI is InChI=1S/C26H19BrN2O4S/c1-15-22(25(31)32-2)23(17-6-4-3-5-7-17)29-24(30)21(34-26(29)28-15)14-19-12-13-20(33-19)16-8-10-18(27)11-9-16/h3-14,23H,1-2H3/b21-14+. The maximum absolute atomic E-state index is 13.5. The van der Waals surface area contributed by atoms with Gasteiger partial charge in [-0.1, -0.05) is 69.7 Å². The van der Waals surface area contributed by atoms with Crippen LogP contribution in [0, 0.1) is 0 Å². The summed E-state index contributed by atoms with van der Waals surface area (Å²) < 4.78 is 14.0. The van der Waals surface area contributed by atoms with Gasteiger partial charge in [0, 0.05) is 16.1 Å². The van der Waals surface area contributed by atoms with Crippen LogP contribution < -0.4 is 14.9 Å². The van der Waals surface area contributed by atoms with Crippen LogP contribution in [0.4, 0.5) is 0 Å². The smallest absolute Gasteiger partial charge is 0.338 e. The Morgan fingerprint density at radius 1 is 1.12 bits per heavy atom. The second-order valence-corrected chi connectivity index (χ2v) is 9.62. The quantitative estimate of drug-likeness (QED) is 0.363. The zero-order valence-electron chi connectivity index (χ0n) is 18.3. The fourth-order valence-electron chi connectivity index (χ4n) is 3.97. The van der Waals surface area contributed by atoms with E-state index in [-0.39, 0.29) is 5.56 Å². The van der Waals surface area contributed by atoms with Crippen LogP contribution >= 0.6 is 27.3 Å². The van der Waals surface area contributed by atoms with Crippen molar-refractivity contribution in [2.24, 2.45) is 4.99 Å². The third-order valence-electron chi connectivity index (χ3n) is 5.57. The summed E-state index contributed by atoms with van der Waals surface area (Å²) in [6, 6.07) is 20.3. The van der Waals surface area contributed by atoms with E-state index in [1.54, 1.807) is 17.6 Å². The van der Waals surface area contributed by atoms with Crippen molar-refractivity contribution >= 4 is 39.3 Å². The summed E-state index contributed by atoms with van der Waals surface area (Å²) in [5.74, 6) is 0.760. The lowest BCUT2D eigenvalue weighted by molar-refractivity contribution is -0.136. The average Bonchev–Trinajstić information content (AvgIpc) is 3.43. The third kappa shape index (κ3) is 3.99. The molecule has 4 aromatic rings. The van der Waals surface area contributed by atoms with Gasteiger partial charge in [-0.2, -0.15) is 0 Å². The molecule has 0 N–H and O–H groups in total. The first kappa shape index (κ1) is 22.3. The van der Waals surface area contributed by atoms with Gasteiger partial charge < -0.3 is 9.15 Å². The molecule has 8 heteroatoms. The maximum atomic E-state index is 13.5. The van der Waals surface area contributed by atoms with Gasteiger partial charge >= 0.3 is 5.97 Å². The number of benzene rings is 2. The molecule has 0 saturated heterocycles. The van der Waals surface area contributed by atoms with Crippen LogP contribution in [-0.4, -0.2) is 17.6 Å². The number of fused-ring (bicyclic) bond motifs is 1. The van der Waals surface area contributed by atoms with Crippen molar-refractivity contribution in [3.63, 3.8) is 0 Å². The first-order valence-electron chi connectivity index (χ1n) is 10.5. The molecule has 34 heavy (non-hydrogen) atoms. The van der Waals surface area contributed by atoms with Crippen LogP contribution in [-0.2, 0) is 9.53 Å². The highest BCUT2D eigenvalue weighted by Crippen LogP contribution is 2.30. The normalized spacial score (nSPS) is 15.7. The number of ether oxygens (including phenoxy) is 1. The Morgan fingerprint density at radius 3 is 2.56 bits per heavy atom.